The van der Waals surface area contributed by atoms with Gasteiger partial charge in [0, 0.05) is 0 Å². The van der Waals surface area contributed by atoms with Gasteiger partial charge in [-0.3, -0.25) is 0 Å². The van der Waals surface area contributed by atoms with Gasteiger partial charge >= 0.3 is 0 Å². The lowest BCUT2D eigenvalue weighted by Gasteiger charge is -2.42. The predicted octanol–water partition coefficient (Wildman–Crippen LogP) is 5.12. The zero-order chi connectivity index (χ0) is 15.4. The molecule has 2 atom stereocenters. The van der Waals surface area contributed by atoms with E-state index in [0.717, 1.165) is 11.5 Å². The predicted molar refractivity (Wildman–Crippen MR) is 88.6 cm³/mol. The Bertz CT molecular complexity index is 537. The standard InChI is InChI=1S/C20H30O/c1-13(14-6-7-14)18(21)15-8-9-16-17(12-15)20(4,5)11-10-19(16,2)3/h8-9,12-14,18,21H,6-7,10-11H2,1-5H3. The Morgan fingerprint density at radius 2 is 1.57 bits per heavy atom. The lowest BCUT2D eigenvalue weighted by atomic mass is 9.63. The molecule has 0 heterocycles. The molecule has 0 radical (unpaired) electrons. The van der Waals surface area contributed by atoms with Crippen molar-refractivity contribution in [1.82, 2.24) is 0 Å². The molecule has 1 saturated carbocycles. The number of aliphatic hydroxyl groups excluding tert-OH is 1. The van der Waals surface area contributed by atoms with Crippen LogP contribution in [0.4, 0.5) is 0 Å². The van der Waals surface area contributed by atoms with Crippen LogP contribution in [0, 0.1) is 11.8 Å². The molecule has 3 rings (SSSR count). The van der Waals surface area contributed by atoms with E-state index in [2.05, 4.69) is 52.8 Å². The second kappa shape index (κ2) is 4.84. The number of aliphatic hydroxyl groups is 1. The lowest BCUT2D eigenvalue weighted by molar-refractivity contribution is 0.105. The second-order valence-corrected chi connectivity index (χ2v) is 8.71. The first-order chi connectivity index (χ1) is 9.72. The van der Waals surface area contributed by atoms with Crippen molar-refractivity contribution in [3.05, 3.63) is 34.9 Å². The van der Waals surface area contributed by atoms with Crippen LogP contribution in [0.5, 0.6) is 0 Å². The van der Waals surface area contributed by atoms with Crippen LogP contribution in [0.15, 0.2) is 18.2 Å². The van der Waals surface area contributed by atoms with Crippen LogP contribution >= 0.6 is 0 Å². The third kappa shape index (κ3) is 2.65. The molecule has 1 N–H and O–H groups in total. The Morgan fingerprint density at radius 1 is 1.00 bits per heavy atom. The molecule has 0 aromatic heterocycles. The first-order valence-electron chi connectivity index (χ1n) is 8.55. The molecule has 1 nitrogen and oxygen atoms in total. The highest BCUT2D eigenvalue weighted by molar-refractivity contribution is 5.44. The fourth-order valence-corrected chi connectivity index (χ4v) is 3.97. The van der Waals surface area contributed by atoms with E-state index >= 15 is 0 Å². The molecule has 1 aromatic carbocycles. The van der Waals surface area contributed by atoms with E-state index in [-0.39, 0.29) is 16.9 Å². The van der Waals surface area contributed by atoms with Crippen LogP contribution < -0.4 is 0 Å². The van der Waals surface area contributed by atoms with E-state index < -0.39 is 0 Å². The first-order valence-corrected chi connectivity index (χ1v) is 8.55. The second-order valence-electron chi connectivity index (χ2n) is 8.71. The molecular weight excluding hydrogens is 256 g/mol. The normalized spacial score (nSPS) is 26.0. The summed E-state index contributed by atoms with van der Waals surface area (Å²) in [7, 11) is 0. The van der Waals surface area contributed by atoms with E-state index in [1.54, 1.807) is 0 Å². The number of hydrogen-bond donors (Lipinski definition) is 1. The van der Waals surface area contributed by atoms with Crippen molar-refractivity contribution in [3.63, 3.8) is 0 Å². The molecule has 2 unspecified atom stereocenters. The van der Waals surface area contributed by atoms with Crippen molar-refractivity contribution >= 4 is 0 Å². The Kier molecular flexibility index (Phi) is 3.48. The lowest BCUT2D eigenvalue weighted by Crippen LogP contribution is -2.34. The van der Waals surface area contributed by atoms with E-state index in [1.165, 1.54) is 36.8 Å². The van der Waals surface area contributed by atoms with Gasteiger partial charge in [0.05, 0.1) is 6.10 Å². The van der Waals surface area contributed by atoms with Gasteiger partial charge in [0.1, 0.15) is 0 Å². The van der Waals surface area contributed by atoms with Gasteiger partial charge in [-0.15, -0.1) is 0 Å². The SMILES string of the molecule is CC(C1CC1)C(O)c1ccc2c(c1)C(C)(C)CCC2(C)C. The third-order valence-corrected chi connectivity index (χ3v) is 6.08. The fraction of sp³-hybridized carbons (Fsp3) is 0.700. The number of fused-ring (bicyclic) bond motifs is 1. The monoisotopic (exact) mass is 286 g/mol. The average Bonchev–Trinajstić information content (AvgIpc) is 3.26. The quantitative estimate of drug-likeness (QED) is 0.818. The summed E-state index contributed by atoms with van der Waals surface area (Å²) in [6, 6.07) is 6.76. The zero-order valence-corrected chi connectivity index (χ0v) is 14.2. The smallest absolute Gasteiger partial charge is 0.0818 e. The fourth-order valence-electron chi connectivity index (χ4n) is 3.97. The van der Waals surface area contributed by atoms with Gasteiger partial charge in [-0.2, -0.15) is 0 Å². The van der Waals surface area contributed by atoms with Gasteiger partial charge in [-0.25, -0.2) is 0 Å². The number of hydrogen-bond acceptors (Lipinski definition) is 1. The minimum absolute atomic E-state index is 0.226. The Hall–Kier alpha value is -0.820. The van der Waals surface area contributed by atoms with Gasteiger partial charge in [0.15, 0.2) is 0 Å². The maximum atomic E-state index is 10.7. The van der Waals surface area contributed by atoms with Crippen molar-refractivity contribution in [3.8, 4) is 0 Å². The molecule has 21 heavy (non-hydrogen) atoms. The van der Waals surface area contributed by atoms with Crippen molar-refractivity contribution < 1.29 is 5.11 Å². The molecule has 0 bridgehead atoms. The van der Waals surface area contributed by atoms with E-state index in [9.17, 15) is 5.11 Å². The summed E-state index contributed by atoms with van der Waals surface area (Å²) in [5.74, 6) is 1.13. The maximum Gasteiger partial charge on any atom is 0.0818 e. The molecule has 1 fully saturated rings. The van der Waals surface area contributed by atoms with Crippen LogP contribution in [0.25, 0.3) is 0 Å². The summed E-state index contributed by atoms with van der Waals surface area (Å²) in [6.45, 7) is 11.6. The molecule has 0 spiro atoms. The van der Waals surface area contributed by atoms with Crippen molar-refractivity contribution in [1.29, 1.82) is 0 Å². The first kappa shape index (κ1) is 15.1. The van der Waals surface area contributed by atoms with Crippen LogP contribution in [-0.2, 0) is 10.8 Å². The zero-order valence-electron chi connectivity index (χ0n) is 14.2. The van der Waals surface area contributed by atoms with Crippen LogP contribution in [-0.4, -0.2) is 5.11 Å². The summed E-state index contributed by atoms with van der Waals surface area (Å²) >= 11 is 0. The molecule has 0 amide bonds. The van der Waals surface area contributed by atoms with Crippen molar-refractivity contribution in [2.45, 2.75) is 77.2 Å². The molecule has 2 aliphatic carbocycles. The Labute approximate surface area is 129 Å². The molecule has 116 valence electrons. The minimum atomic E-state index is -0.302. The summed E-state index contributed by atoms with van der Waals surface area (Å²) in [5.41, 5.74) is 4.55. The van der Waals surface area contributed by atoms with Gasteiger partial charge in [-0.05, 0) is 65.0 Å². The molecule has 0 aliphatic heterocycles. The van der Waals surface area contributed by atoms with E-state index in [4.69, 9.17) is 0 Å². The topological polar surface area (TPSA) is 20.2 Å². The molecule has 2 aliphatic rings. The highest BCUT2D eigenvalue weighted by Crippen LogP contribution is 2.48. The Morgan fingerprint density at radius 3 is 2.14 bits per heavy atom. The average molecular weight is 286 g/mol. The van der Waals surface area contributed by atoms with Crippen LogP contribution in [0.3, 0.4) is 0 Å². The summed E-state index contributed by atoms with van der Waals surface area (Å²) in [4.78, 5) is 0. The van der Waals surface area contributed by atoms with E-state index in [0.29, 0.717) is 5.92 Å². The highest BCUT2D eigenvalue weighted by Gasteiger charge is 2.38. The van der Waals surface area contributed by atoms with Crippen LogP contribution in [0.2, 0.25) is 0 Å². The van der Waals surface area contributed by atoms with Crippen LogP contribution in [0.1, 0.15) is 83.1 Å². The third-order valence-electron chi connectivity index (χ3n) is 6.08. The van der Waals surface area contributed by atoms with Gasteiger partial charge in [0.2, 0.25) is 0 Å². The van der Waals surface area contributed by atoms with E-state index in [1.807, 2.05) is 0 Å². The number of benzene rings is 1. The summed E-state index contributed by atoms with van der Waals surface area (Å²) < 4.78 is 0. The van der Waals surface area contributed by atoms with Crippen molar-refractivity contribution in [2.75, 3.05) is 0 Å². The maximum absolute atomic E-state index is 10.7. The Balaban J connectivity index is 1.99. The minimum Gasteiger partial charge on any atom is -0.388 e. The van der Waals surface area contributed by atoms with Gasteiger partial charge < -0.3 is 5.11 Å². The van der Waals surface area contributed by atoms with Gasteiger partial charge in [0.25, 0.3) is 0 Å². The molecule has 1 heteroatoms. The number of rotatable bonds is 3. The molecule has 0 saturated heterocycles. The summed E-state index contributed by atoms with van der Waals surface area (Å²) in [5, 5.41) is 10.7. The van der Waals surface area contributed by atoms with Gasteiger partial charge in [-0.1, -0.05) is 52.8 Å². The summed E-state index contributed by atoms with van der Waals surface area (Å²) in [6.07, 6.45) is 4.75. The largest absolute Gasteiger partial charge is 0.388 e. The highest BCUT2D eigenvalue weighted by atomic mass is 16.3. The molecule has 1 aromatic rings. The van der Waals surface area contributed by atoms with Crippen molar-refractivity contribution in [2.24, 2.45) is 11.8 Å². The molecular formula is C20H30O.